The van der Waals surface area contributed by atoms with Crippen LogP contribution in [0, 0.1) is 0 Å². The molecule has 1 N–H and O–H groups in total. The third-order valence-corrected chi connectivity index (χ3v) is 6.08. The molecular weight excluding hydrogens is 382 g/mol. The number of para-hydroxylation sites is 2. The van der Waals surface area contributed by atoms with E-state index in [4.69, 9.17) is 9.47 Å². The first-order valence-corrected chi connectivity index (χ1v) is 10.4. The standard InChI is InChI=1S/C23H25N3O4/c1-15(27)16-6-7-21-22(12-16)29-14-18(30-21)13-25-10-8-17(9-11-25)26-20-5-3-2-4-19(20)24-23(26)28/h2-7,12,17-18H,8-11,13-14H2,1H3,(H,24,28). The van der Waals surface area contributed by atoms with Gasteiger partial charge in [0.05, 0.1) is 11.0 Å². The molecule has 0 amide bonds. The molecule has 1 aromatic heterocycles. The Morgan fingerprint density at radius 1 is 1.13 bits per heavy atom. The Bertz CT molecular complexity index is 1140. The number of hydrogen-bond donors (Lipinski definition) is 1. The number of hydrogen-bond acceptors (Lipinski definition) is 5. The summed E-state index contributed by atoms with van der Waals surface area (Å²) in [6.45, 7) is 4.61. The van der Waals surface area contributed by atoms with Gasteiger partial charge in [-0.15, -0.1) is 0 Å². The quantitative estimate of drug-likeness (QED) is 0.673. The van der Waals surface area contributed by atoms with Crippen LogP contribution in [0.3, 0.4) is 0 Å². The van der Waals surface area contributed by atoms with Gasteiger partial charge in [0, 0.05) is 31.2 Å². The molecule has 30 heavy (non-hydrogen) atoms. The molecule has 7 nitrogen and oxygen atoms in total. The van der Waals surface area contributed by atoms with Crippen LogP contribution in [-0.4, -0.2) is 52.6 Å². The highest BCUT2D eigenvalue weighted by molar-refractivity contribution is 5.94. The summed E-state index contributed by atoms with van der Waals surface area (Å²) in [5.41, 5.74) is 2.47. The fourth-order valence-corrected chi connectivity index (χ4v) is 4.51. The van der Waals surface area contributed by atoms with E-state index < -0.39 is 0 Å². The van der Waals surface area contributed by atoms with Gasteiger partial charge in [-0.3, -0.25) is 14.3 Å². The van der Waals surface area contributed by atoms with Gasteiger partial charge in [0.25, 0.3) is 0 Å². The van der Waals surface area contributed by atoms with Gasteiger partial charge in [-0.2, -0.15) is 0 Å². The molecular formula is C23H25N3O4. The molecule has 0 radical (unpaired) electrons. The first-order chi connectivity index (χ1) is 14.6. The third kappa shape index (κ3) is 3.50. The van der Waals surface area contributed by atoms with Gasteiger partial charge in [0.15, 0.2) is 17.3 Å². The highest BCUT2D eigenvalue weighted by Crippen LogP contribution is 2.33. The number of ether oxygens (including phenoxy) is 2. The predicted molar refractivity (Wildman–Crippen MR) is 114 cm³/mol. The van der Waals surface area contributed by atoms with E-state index in [0.29, 0.717) is 23.7 Å². The molecule has 0 saturated carbocycles. The summed E-state index contributed by atoms with van der Waals surface area (Å²) in [5.74, 6) is 1.34. The average molecular weight is 407 g/mol. The van der Waals surface area contributed by atoms with Crippen molar-refractivity contribution in [2.45, 2.75) is 31.9 Å². The molecule has 2 aliphatic heterocycles. The predicted octanol–water partition coefficient (Wildman–Crippen LogP) is 3.01. The minimum absolute atomic E-state index is 0.0145. The van der Waals surface area contributed by atoms with Crippen LogP contribution in [0.4, 0.5) is 0 Å². The van der Waals surface area contributed by atoms with Crippen molar-refractivity contribution in [2.75, 3.05) is 26.2 Å². The number of fused-ring (bicyclic) bond motifs is 2. The van der Waals surface area contributed by atoms with Gasteiger partial charge in [0.1, 0.15) is 12.7 Å². The van der Waals surface area contributed by atoms with Crippen LogP contribution in [-0.2, 0) is 0 Å². The normalized spacial score (nSPS) is 19.8. The van der Waals surface area contributed by atoms with Crippen LogP contribution in [0.15, 0.2) is 47.3 Å². The largest absolute Gasteiger partial charge is 0.486 e. The number of nitrogens with one attached hydrogen (secondary N) is 1. The SMILES string of the molecule is CC(=O)c1ccc2c(c1)OCC(CN1CCC(n3c(=O)[nH]c4ccccc43)CC1)O2. The molecule has 1 atom stereocenters. The van der Waals surface area contributed by atoms with Gasteiger partial charge in [-0.05, 0) is 50.1 Å². The number of aromatic amines is 1. The number of likely N-dealkylation sites (tertiary alicyclic amines) is 1. The number of carbonyl (C=O) groups is 1. The van der Waals surface area contributed by atoms with Gasteiger partial charge >= 0.3 is 5.69 Å². The van der Waals surface area contributed by atoms with E-state index in [-0.39, 0.29) is 23.6 Å². The van der Waals surface area contributed by atoms with E-state index in [1.54, 1.807) is 19.1 Å². The van der Waals surface area contributed by atoms with Crippen LogP contribution in [0.1, 0.15) is 36.2 Å². The molecule has 1 fully saturated rings. The van der Waals surface area contributed by atoms with Crippen molar-refractivity contribution >= 4 is 16.8 Å². The number of carbonyl (C=O) groups excluding carboxylic acids is 1. The number of piperidine rings is 1. The number of nitrogens with zero attached hydrogens (tertiary/aromatic N) is 2. The van der Waals surface area contributed by atoms with Crippen LogP contribution in [0.2, 0.25) is 0 Å². The van der Waals surface area contributed by atoms with Gasteiger partial charge in [0.2, 0.25) is 0 Å². The van der Waals surface area contributed by atoms with Gasteiger partial charge in [-0.1, -0.05) is 12.1 Å². The molecule has 2 aromatic carbocycles. The van der Waals surface area contributed by atoms with Crippen molar-refractivity contribution in [1.82, 2.24) is 14.5 Å². The molecule has 156 valence electrons. The molecule has 1 unspecified atom stereocenters. The van der Waals surface area contributed by atoms with Crippen LogP contribution >= 0.6 is 0 Å². The summed E-state index contributed by atoms with van der Waals surface area (Å²) >= 11 is 0. The summed E-state index contributed by atoms with van der Waals surface area (Å²) in [5, 5.41) is 0. The molecule has 5 rings (SSSR count). The van der Waals surface area contributed by atoms with Crippen molar-refractivity contribution in [3.05, 3.63) is 58.5 Å². The second kappa shape index (κ2) is 7.65. The zero-order valence-electron chi connectivity index (χ0n) is 17.0. The monoisotopic (exact) mass is 407 g/mol. The third-order valence-electron chi connectivity index (χ3n) is 6.08. The summed E-state index contributed by atoms with van der Waals surface area (Å²) < 4.78 is 13.9. The molecule has 2 aliphatic rings. The molecule has 0 spiro atoms. The fraction of sp³-hybridized carbons (Fsp3) is 0.391. The Morgan fingerprint density at radius 2 is 1.93 bits per heavy atom. The zero-order chi connectivity index (χ0) is 20.7. The summed E-state index contributed by atoms with van der Waals surface area (Å²) in [6, 6.07) is 13.4. The topological polar surface area (TPSA) is 76.6 Å². The van der Waals surface area contributed by atoms with E-state index in [1.165, 1.54) is 0 Å². The lowest BCUT2D eigenvalue weighted by Gasteiger charge is -2.36. The van der Waals surface area contributed by atoms with E-state index in [9.17, 15) is 9.59 Å². The van der Waals surface area contributed by atoms with Crippen molar-refractivity contribution in [1.29, 1.82) is 0 Å². The minimum Gasteiger partial charge on any atom is -0.486 e. The first kappa shape index (κ1) is 18.9. The highest BCUT2D eigenvalue weighted by atomic mass is 16.6. The van der Waals surface area contributed by atoms with Crippen LogP contribution < -0.4 is 15.2 Å². The Labute approximate surface area is 174 Å². The second-order valence-electron chi connectivity index (χ2n) is 8.12. The zero-order valence-corrected chi connectivity index (χ0v) is 17.0. The molecule has 3 aromatic rings. The van der Waals surface area contributed by atoms with E-state index >= 15 is 0 Å². The van der Waals surface area contributed by atoms with Crippen molar-refractivity contribution < 1.29 is 14.3 Å². The Morgan fingerprint density at radius 3 is 2.73 bits per heavy atom. The number of Topliss-reactive ketones (excluding diaryl/α,β-unsaturated/α-hetero) is 1. The lowest BCUT2D eigenvalue weighted by atomic mass is 10.0. The van der Waals surface area contributed by atoms with Gasteiger partial charge in [-0.25, -0.2) is 4.79 Å². The Balaban J connectivity index is 1.21. The molecule has 0 bridgehead atoms. The van der Waals surface area contributed by atoms with Gasteiger partial charge < -0.3 is 14.5 Å². The second-order valence-corrected chi connectivity index (χ2v) is 8.12. The lowest BCUT2D eigenvalue weighted by Crippen LogP contribution is -2.45. The van der Waals surface area contributed by atoms with Crippen LogP contribution in [0.25, 0.3) is 11.0 Å². The highest BCUT2D eigenvalue weighted by Gasteiger charge is 2.28. The summed E-state index contributed by atoms with van der Waals surface area (Å²) in [4.78, 5) is 29.3. The fourth-order valence-electron chi connectivity index (χ4n) is 4.51. The van der Waals surface area contributed by atoms with Crippen molar-refractivity contribution in [2.24, 2.45) is 0 Å². The maximum atomic E-state index is 12.5. The number of imidazole rings is 1. The summed E-state index contributed by atoms with van der Waals surface area (Å²) in [6.07, 6.45) is 1.80. The first-order valence-electron chi connectivity index (χ1n) is 10.4. The molecule has 1 saturated heterocycles. The minimum atomic E-state index is -0.0481. The van der Waals surface area contributed by atoms with E-state index in [1.807, 2.05) is 34.9 Å². The molecule has 3 heterocycles. The Hall–Kier alpha value is -3.06. The molecule has 7 heteroatoms. The molecule has 0 aliphatic carbocycles. The number of benzene rings is 2. The Kier molecular flexibility index (Phi) is 4.83. The average Bonchev–Trinajstić information content (AvgIpc) is 3.09. The maximum Gasteiger partial charge on any atom is 0.326 e. The lowest BCUT2D eigenvalue weighted by molar-refractivity contribution is 0.0484. The van der Waals surface area contributed by atoms with E-state index in [0.717, 1.165) is 43.5 Å². The van der Waals surface area contributed by atoms with Crippen LogP contribution in [0.5, 0.6) is 11.5 Å². The van der Waals surface area contributed by atoms with E-state index in [2.05, 4.69) is 9.88 Å². The van der Waals surface area contributed by atoms with Crippen molar-refractivity contribution in [3.63, 3.8) is 0 Å². The summed E-state index contributed by atoms with van der Waals surface area (Å²) in [7, 11) is 0. The number of rotatable bonds is 4. The van der Waals surface area contributed by atoms with Crippen molar-refractivity contribution in [3.8, 4) is 11.5 Å². The number of aromatic nitrogens is 2. The maximum absolute atomic E-state index is 12.5. The number of H-pyrrole nitrogens is 1. The number of ketones is 1. The smallest absolute Gasteiger partial charge is 0.326 e.